The predicted molar refractivity (Wildman–Crippen MR) is 96.3 cm³/mol. The highest BCUT2D eigenvalue weighted by Crippen LogP contribution is 2.41. The van der Waals surface area contributed by atoms with Gasteiger partial charge in [-0.2, -0.15) is 13.2 Å². The average molecular weight is 436 g/mol. The number of hydrogen-bond donors (Lipinski definition) is 0. The van der Waals surface area contributed by atoms with Crippen LogP contribution in [0.2, 0.25) is 10.0 Å². The van der Waals surface area contributed by atoms with Gasteiger partial charge in [-0.3, -0.25) is 9.59 Å². The van der Waals surface area contributed by atoms with Crippen molar-refractivity contribution in [3.05, 3.63) is 68.3 Å². The number of thioether (sulfide) groups is 1. The van der Waals surface area contributed by atoms with Crippen LogP contribution < -0.4 is 4.90 Å². The molecule has 0 saturated carbocycles. The van der Waals surface area contributed by atoms with Gasteiger partial charge in [-0.25, -0.2) is 9.29 Å². The molecule has 1 fully saturated rings. The van der Waals surface area contributed by atoms with Crippen molar-refractivity contribution in [1.29, 1.82) is 0 Å². The third kappa shape index (κ3) is 3.83. The molecule has 1 heterocycles. The molecule has 140 valence electrons. The highest BCUT2D eigenvalue weighted by molar-refractivity contribution is 8.19. The number of rotatable bonds is 2. The van der Waals surface area contributed by atoms with E-state index in [1.54, 1.807) is 0 Å². The molecule has 0 aromatic heterocycles. The average Bonchev–Trinajstić information content (AvgIpc) is 2.85. The number of nitrogens with zero attached hydrogens (tertiary/aromatic N) is 1. The number of anilines is 1. The Bertz CT molecular complexity index is 971. The minimum atomic E-state index is -4.76. The van der Waals surface area contributed by atoms with E-state index in [9.17, 15) is 27.2 Å². The number of carbonyl (C=O) groups excluding carboxylic acids is 2. The fourth-order valence-electron chi connectivity index (χ4n) is 2.34. The van der Waals surface area contributed by atoms with Crippen molar-refractivity contribution < 1.29 is 27.2 Å². The van der Waals surface area contributed by atoms with E-state index in [0.29, 0.717) is 22.7 Å². The molecule has 1 aliphatic rings. The molecule has 27 heavy (non-hydrogen) atoms. The van der Waals surface area contributed by atoms with Crippen molar-refractivity contribution in [2.45, 2.75) is 6.18 Å². The van der Waals surface area contributed by atoms with E-state index in [2.05, 4.69) is 0 Å². The molecule has 3 nitrogen and oxygen atoms in total. The van der Waals surface area contributed by atoms with E-state index < -0.39 is 33.7 Å². The zero-order valence-corrected chi connectivity index (χ0v) is 15.3. The number of amides is 2. The first-order valence-electron chi connectivity index (χ1n) is 7.18. The van der Waals surface area contributed by atoms with Crippen LogP contribution in [0.5, 0.6) is 0 Å². The van der Waals surface area contributed by atoms with Gasteiger partial charge < -0.3 is 0 Å². The molecule has 0 aliphatic carbocycles. The summed E-state index contributed by atoms with van der Waals surface area (Å²) in [7, 11) is 0. The first-order valence-corrected chi connectivity index (χ1v) is 8.75. The van der Waals surface area contributed by atoms with E-state index >= 15 is 0 Å². The van der Waals surface area contributed by atoms with Gasteiger partial charge in [0, 0.05) is 5.56 Å². The predicted octanol–water partition coefficient (Wildman–Crippen LogP) is 6.39. The number of benzene rings is 2. The smallest absolute Gasteiger partial charge is 0.268 e. The Kier molecular flexibility index (Phi) is 5.24. The summed E-state index contributed by atoms with van der Waals surface area (Å²) in [4.78, 5) is 25.1. The topological polar surface area (TPSA) is 37.4 Å². The molecule has 10 heteroatoms. The maximum absolute atomic E-state index is 13.9. The highest BCUT2D eigenvalue weighted by atomic mass is 35.5. The van der Waals surface area contributed by atoms with Crippen molar-refractivity contribution in [3.8, 4) is 0 Å². The number of imide groups is 1. The van der Waals surface area contributed by atoms with Gasteiger partial charge >= 0.3 is 6.18 Å². The molecule has 1 aliphatic heterocycles. The Hall–Kier alpha value is -2.03. The van der Waals surface area contributed by atoms with Crippen LogP contribution in [-0.2, 0) is 11.0 Å². The van der Waals surface area contributed by atoms with Gasteiger partial charge in [-0.1, -0.05) is 29.3 Å². The molecule has 3 rings (SSSR count). The quantitative estimate of drug-likeness (QED) is 0.404. The number of halogens is 6. The second-order valence-corrected chi connectivity index (χ2v) is 7.12. The normalized spacial score (nSPS) is 16.5. The molecule has 0 radical (unpaired) electrons. The van der Waals surface area contributed by atoms with Crippen LogP contribution in [0.25, 0.3) is 6.08 Å². The van der Waals surface area contributed by atoms with Crippen LogP contribution in [-0.4, -0.2) is 11.1 Å². The van der Waals surface area contributed by atoms with E-state index in [4.69, 9.17) is 23.2 Å². The molecule has 0 N–H and O–H groups in total. The lowest BCUT2D eigenvalue weighted by atomic mass is 10.1. The third-order valence-electron chi connectivity index (χ3n) is 3.58. The lowest BCUT2D eigenvalue weighted by Gasteiger charge is -2.16. The van der Waals surface area contributed by atoms with Gasteiger partial charge in [-0.15, -0.1) is 0 Å². The Morgan fingerprint density at radius 3 is 2.37 bits per heavy atom. The van der Waals surface area contributed by atoms with Gasteiger partial charge in [0.1, 0.15) is 5.82 Å². The fourth-order valence-corrected chi connectivity index (χ4v) is 3.60. The molecular formula is C17H7Cl2F4NO2S. The first kappa shape index (κ1) is 19.7. The van der Waals surface area contributed by atoms with E-state index in [-0.39, 0.29) is 21.2 Å². The van der Waals surface area contributed by atoms with E-state index in [1.165, 1.54) is 12.1 Å². The lowest BCUT2D eigenvalue weighted by molar-refractivity contribution is -0.137. The molecule has 0 bridgehead atoms. The molecule has 2 amide bonds. The Morgan fingerprint density at radius 2 is 1.74 bits per heavy atom. The third-order valence-corrected chi connectivity index (χ3v) is 5.11. The molecule has 0 atom stereocenters. The zero-order valence-electron chi connectivity index (χ0n) is 13.0. The van der Waals surface area contributed by atoms with Gasteiger partial charge in [-0.05, 0) is 48.2 Å². The summed E-state index contributed by atoms with van der Waals surface area (Å²) in [6, 6.07) is 6.56. The summed E-state index contributed by atoms with van der Waals surface area (Å²) >= 11 is 11.9. The summed E-state index contributed by atoms with van der Waals surface area (Å²) in [6.07, 6.45) is -3.67. The Labute approximate surface area is 164 Å². The van der Waals surface area contributed by atoms with Crippen molar-refractivity contribution in [2.75, 3.05) is 4.90 Å². The zero-order chi connectivity index (χ0) is 19.9. The minimum Gasteiger partial charge on any atom is -0.268 e. The van der Waals surface area contributed by atoms with Gasteiger partial charge in [0.15, 0.2) is 0 Å². The largest absolute Gasteiger partial charge is 0.417 e. The molecule has 1 saturated heterocycles. The SMILES string of the molecule is O=C1S/C(=C\c2c(F)cccc2Cl)C(=O)N1c1ccc(Cl)c(C(F)(F)F)c1. The van der Waals surface area contributed by atoms with Crippen molar-refractivity contribution in [2.24, 2.45) is 0 Å². The van der Waals surface area contributed by atoms with Crippen LogP contribution in [0, 0.1) is 5.82 Å². The highest BCUT2D eigenvalue weighted by Gasteiger charge is 2.39. The lowest BCUT2D eigenvalue weighted by Crippen LogP contribution is -2.28. The molecule has 2 aromatic rings. The minimum absolute atomic E-state index is 0.0210. The molecule has 0 spiro atoms. The molecule has 0 unspecified atom stereocenters. The standard InChI is InChI=1S/C17H7Cl2F4NO2S/c18-11-2-1-3-13(20)9(11)7-14-15(25)24(16(26)27-14)8-4-5-12(19)10(6-8)17(21,22)23/h1-7H/b14-7-. The number of carbonyl (C=O) groups is 2. The van der Waals surface area contributed by atoms with Crippen molar-refractivity contribution in [3.63, 3.8) is 0 Å². The molecule has 2 aromatic carbocycles. The van der Waals surface area contributed by atoms with Crippen molar-refractivity contribution >= 4 is 57.9 Å². The Balaban J connectivity index is 2.02. The van der Waals surface area contributed by atoms with Gasteiger partial charge in [0.25, 0.3) is 11.1 Å². The summed E-state index contributed by atoms with van der Waals surface area (Å²) in [5.74, 6) is -1.60. The summed E-state index contributed by atoms with van der Waals surface area (Å²) < 4.78 is 52.9. The maximum Gasteiger partial charge on any atom is 0.417 e. The maximum atomic E-state index is 13.9. The Morgan fingerprint density at radius 1 is 1.04 bits per heavy atom. The van der Waals surface area contributed by atoms with Crippen LogP contribution in [0.15, 0.2) is 41.3 Å². The second kappa shape index (κ2) is 7.18. The first-order chi connectivity index (χ1) is 12.6. The summed E-state index contributed by atoms with van der Waals surface area (Å²) in [5.41, 5.74) is -1.57. The van der Waals surface area contributed by atoms with Crippen LogP contribution in [0.1, 0.15) is 11.1 Å². The van der Waals surface area contributed by atoms with E-state index in [0.717, 1.165) is 24.3 Å². The summed E-state index contributed by atoms with van der Waals surface area (Å²) in [5, 5.41) is -1.37. The van der Waals surface area contributed by atoms with Gasteiger partial charge in [0.2, 0.25) is 0 Å². The fraction of sp³-hybridized carbons (Fsp3) is 0.0588. The van der Waals surface area contributed by atoms with Crippen molar-refractivity contribution in [1.82, 2.24) is 0 Å². The summed E-state index contributed by atoms with van der Waals surface area (Å²) in [6.45, 7) is 0. The van der Waals surface area contributed by atoms with Crippen LogP contribution >= 0.6 is 35.0 Å². The molecular weight excluding hydrogens is 429 g/mol. The van der Waals surface area contributed by atoms with Crippen LogP contribution in [0.3, 0.4) is 0 Å². The number of alkyl halides is 3. The number of hydrogen-bond acceptors (Lipinski definition) is 3. The van der Waals surface area contributed by atoms with Gasteiger partial charge in [0.05, 0.1) is 26.2 Å². The van der Waals surface area contributed by atoms with E-state index in [1.807, 2.05) is 0 Å². The monoisotopic (exact) mass is 435 g/mol. The van der Waals surface area contributed by atoms with Crippen LogP contribution in [0.4, 0.5) is 28.0 Å². The second-order valence-electron chi connectivity index (χ2n) is 5.31.